The van der Waals surface area contributed by atoms with Crippen LogP contribution in [0.25, 0.3) is 0 Å². The zero-order valence-electron chi connectivity index (χ0n) is 17.9. The van der Waals surface area contributed by atoms with Gasteiger partial charge in [0, 0.05) is 18.8 Å². The largest absolute Gasteiger partial charge is 0.493 e. The molecular weight excluding hydrogens is 396 g/mol. The molecule has 3 rings (SSSR count). The van der Waals surface area contributed by atoms with E-state index in [1.165, 1.54) is 37.4 Å². The molecule has 0 amide bonds. The summed E-state index contributed by atoms with van der Waals surface area (Å²) in [5, 5.41) is 9.00. The number of hydrogen-bond acceptors (Lipinski definition) is 8. The number of guanidine groups is 1. The molecule has 6 N–H and O–H groups in total. The van der Waals surface area contributed by atoms with Gasteiger partial charge in [-0.1, -0.05) is 12.5 Å². The van der Waals surface area contributed by atoms with E-state index in [1.807, 2.05) is 24.3 Å². The molecule has 31 heavy (non-hydrogen) atoms. The lowest BCUT2D eigenvalue weighted by Crippen LogP contribution is -2.55. The van der Waals surface area contributed by atoms with E-state index < -0.39 is 0 Å². The normalized spacial score (nSPS) is 14.1. The fourth-order valence-electron chi connectivity index (χ4n) is 3.40. The number of hydrazine groups is 3. The van der Waals surface area contributed by atoms with E-state index in [1.54, 1.807) is 25.4 Å². The van der Waals surface area contributed by atoms with E-state index in [2.05, 4.69) is 26.4 Å². The van der Waals surface area contributed by atoms with Crippen molar-refractivity contribution in [2.75, 3.05) is 43.8 Å². The van der Waals surface area contributed by atoms with Crippen LogP contribution in [-0.4, -0.2) is 49.2 Å². The van der Waals surface area contributed by atoms with Gasteiger partial charge in [-0.3, -0.25) is 5.41 Å². The topological polar surface area (TPSA) is 124 Å². The van der Waals surface area contributed by atoms with Crippen LogP contribution in [0.1, 0.15) is 25.7 Å². The predicted octanol–water partition coefficient (Wildman–Crippen LogP) is 2.08. The molecule has 1 aliphatic rings. The number of nitrogens with one attached hydrogen (secondary N) is 4. The molecule has 2 heterocycles. The average Bonchev–Trinajstić information content (AvgIpc) is 2.81. The Balaban J connectivity index is 1.46. The Morgan fingerprint density at radius 2 is 2.03 bits per heavy atom. The first kappa shape index (κ1) is 22.6. The Labute approximate surface area is 183 Å². The molecule has 0 unspecified atom stereocenters. The summed E-state index contributed by atoms with van der Waals surface area (Å²) in [5.74, 6) is 1.62. The number of piperidine rings is 1. The van der Waals surface area contributed by atoms with Crippen LogP contribution < -0.4 is 36.7 Å². The van der Waals surface area contributed by atoms with Crippen LogP contribution in [0, 0.1) is 5.41 Å². The number of benzene rings is 1. The number of methoxy groups -OCH3 is 1. The van der Waals surface area contributed by atoms with Crippen LogP contribution in [0.15, 0.2) is 42.6 Å². The second-order valence-electron chi connectivity index (χ2n) is 7.24. The van der Waals surface area contributed by atoms with Gasteiger partial charge in [0.1, 0.15) is 0 Å². The van der Waals surface area contributed by atoms with Gasteiger partial charge in [-0.25, -0.2) is 9.99 Å². The highest BCUT2D eigenvalue weighted by atomic mass is 16.5. The van der Waals surface area contributed by atoms with E-state index in [0.717, 1.165) is 18.7 Å². The first-order valence-corrected chi connectivity index (χ1v) is 10.5. The zero-order chi connectivity index (χ0) is 21.9. The Morgan fingerprint density at radius 3 is 2.74 bits per heavy atom. The fourth-order valence-corrected chi connectivity index (χ4v) is 3.40. The maximum Gasteiger partial charge on any atom is 0.210 e. The van der Waals surface area contributed by atoms with Crippen molar-refractivity contribution >= 4 is 17.5 Å². The molecule has 0 radical (unpaired) electrons. The number of hydrogen-bond donors (Lipinski definition) is 5. The smallest absolute Gasteiger partial charge is 0.210 e. The number of aromatic nitrogens is 1. The third kappa shape index (κ3) is 6.99. The fraction of sp³-hybridized carbons (Fsp3) is 0.429. The summed E-state index contributed by atoms with van der Waals surface area (Å²) in [5.41, 5.74) is 14.9. The van der Waals surface area contributed by atoms with Crippen molar-refractivity contribution in [1.29, 1.82) is 5.41 Å². The van der Waals surface area contributed by atoms with Crippen LogP contribution >= 0.6 is 0 Å². The van der Waals surface area contributed by atoms with Crippen LogP contribution in [0.5, 0.6) is 11.5 Å². The molecule has 1 aliphatic heterocycles. The van der Waals surface area contributed by atoms with Gasteiger partial charge in [-0.2, -0.15) is 5.53 Å². The minimum absolute atomic E-state index is 0.209. The Hall–Kier alpha value is -3.08. The minimum atomic E-state index is -0.209. The number of pyridine rings is 1. The monoisotopic (exact) mass is 428 g/mol. The van der Waals surface area contributed by atoms with Crippen molar-refractivity contribution in [1.82, 2.24) is 21.0 Å². The maximum absolute atomic E-state index is 7.70. The van der Waals surface area contributed by atoms with E-state index in [0.29, 0.717) is 23.9 Å². The molecule has 0 bridgehead atoms. The summed E-state index contributed by atoms with van der Waals surface area (Å²) < 4.78 is 11.4. The predicted molar refractivity (Wildman–Crippen MR) is 122 cm³/mol. The van der Waals surface area contributed by atoms with E-state index in [9.17, 15) is 0 Å². The summed E-state index contributed by atoms with van der Waals surface area (Å²) in [6, 6.07) is 10.9. The highest BCUT2D eigenvalue weighted by molar-refractivity contribution is 5.90. The van der Waals surface area contributed by atoms with Crippen LogP contribution in [0.2, 0.25) is 0 Å². The summed E-state index contributed by atoms with van der Waals surface area (Å²) in [6.07, 6.45) is 6.57. The summed E-state index contributed by atoms with van der Waals surface area (Å²) >= 11 is 0. The molecule has 1 aromatic heterocycles. The number of ether oxygens (including phenoxy) is 2. The second kappa shape index (κ2) is 11.9. The van der Waals surface area contributed by atoms with Crippen molar-refractivity contribution in [2.45, 2.75) is 25.7 Å². The molecule has 1 aromatic carbocycles. The van der Waals surface area contributed by atoms with E-state index in [-0.39, 0.29) is 5.96 Å². The third-order valence-corrected chi connectivity index (χ3v) is 4.98. The molecular formula is C21H32N8O2. The molecule has 0 aliphatic carbocycles. The minimum Gasteiger partial charge on any atom is -0.493 e. The van der Waals surface area contributed by atoms with Gasteiger partial charge in [0.2, 0.25) is 5.96 Å². The maximum atomic E-state index is 7.70. The number of rotatable bonds is 11. The Bertz CT molecular complexity index is 814. The van der Waals surface area contributed by atoms with Gasteiger partial charge >= 0.3 is 0 Å². The highest BCUT2D eigenvalue weighted by Gasteiger charge is 2.12. The van der Waals surface area contributed by atoms with Gasteiger partial charge in [-0.05, 0) is 56.6 Å². The van der Waals surface area contributed by atoms with Gasteiger partial charge in [-0.15, -0.1) is 5.53 Å². The first-order valence-electron chi connectivity index (χ1n) is 10.5. The lowest BCUT2D eigenvalue weighted by molar-refractivity contribution is 0.203. The molecule has 0 saturated carbocycles. The number of anilines is 2. The summed E-state index contributed by atoms with van der Waals surface area (Å²) in [6.45, 7) is 4.12. The molecule has 10 nitrogen and oxygen atoms in total. The Kier molecular flexibility index (Phi) is 8.71. The number of nitrogens with zero attached hydrogens (tertiary/aromatic N) is 3. The molecule has 0 atom stereocenters. The second-order valence-corrected chi connectivity index (χ2v) is 7.24. The van der Waals surface area contributed by atoms with E-state index in [4.69, 9.17) is 20.6 Å². The molecule has 2 aromatic rings. The lowest BCUT2D eigenvalue weighted by Gasteiger charge is -2.26. The van der Waals surface area contributed by atoms with E-state index >= 15 is 0 Å². The van der Waals surface area contributed by atoms with Crippen molar-refractivity contribution in [3.8, 4) is 11.5 Å². The molecule has 10 heteroatoms. The summed E-state index contributed by atoms with van der Waals surface area (Å²) in [4.78, 5) is 6.67. The molecule has 1 fully saturated rings. The average molecular weight is 429 g/mol. The molecule has 168 valence electrons. The third-order valence-electron chi connectivity index (χ3n) is 4.98. The number of nitrogens with two attached hydrogens (primary N) is 1. The van der Waals surface area contributed by atoms with Crippen LogP contribution in [0.3, 0.4) is 0 Å². The standard InChI is InChI=1S/C21H32N8O2/c1-30-19-16-17(25-26-27-29(21(22)23)20-8-3-4-11-24-20)9-10-18(19)31-15-7-14-28-12-5-2-6-13-28/h3-4,8-11,16,25-27H,2,5-7,12-15H2,1H3,(H3,22,23). The van der Waals surface area contributed by atoms with Crippen molar-refractivity contribution < 1.29 is 9.47 Å². The van der Waals surface area contributed by atoms with Gasteiger partial charge < -0.3 is 25.5 Å². The van der Waals surface area contributed by atoms with Gasteiger partial charge in [0.05, 0.1) is 19.4 Å². The van der Waals surface area contributed by atoms with Crippen LogP contribution in [-0.2, 0) is 0 Å². The highest BCUT2D eigenvalue weighted by Crippen LogP contribution is 2.30. The molecule has 1 saturated heterocycles. The van der Waals surface area contributed by atoms with Crippen molar-refractivity contribution in [3.63, 3.8) is 0 Å². The number of likely N-dealkylation sites (tertiary alicyclic amines) is 1. The zero-order valence-corrected chi connectivity index (χ0v) is 17.9. The summed E-state index contributed by atoms with van der Waals surface area (Å²) in [7, 11) is 1.62. The SMILES string of the molecule is COc1cc(NNNN(C(=N)N)c2ccccn2)ccc1OCCCN1CCCCC1. The lowest BCUT2D eigenvalue weighted by atomic mass is 10.1. The van der Waals surface area contributed by atoms with Crippen molar-refractivity contribution in [3.05, 3.63) is 42.6 Å². The van der Waals surface area contributed by atoms with Crippen molar-refractivity contribution in [2.24, 2.45) is 5.73 Å². The van der Waals surface area contributed by atoms with Gasteiger partial charge in [0.25, 0.3) is 0 Å². The van der Waals surface area contributed by atoms with Crippen LogP contribution in [0.4, 0.5) is 11.5 Å². The first-order chi connectivity index (χ1) is 15.2. The Morgan fingerprint density at radius 1 is 1.19 bits per heavy atom. The molecule has 0 spiro atoms. The van der Waals surface area contributed by atoms with Gasteiger partial charge in [0.15, 0.2) is 17.3 Å². The quantitative estimate of drug-likeness (QED) is 0.158.